The van der Waals surface area contributed by atoms with Crippen molar-refractivity contribution in [2.24, 2.45) is 0 Å². The highest BCUT2D eigenvalue weighted by molar-refractivity contribution is 5.63. The van der Waals surface area contributed by atoms with Gasteiger partial charge in [-0.1, -0.05) is 74.4 Å². The largest absolute Gasteiger partial charge is 0.0654 e. The molecule has 99 valence electrons. The molecule has 0 aliphatic carbocycles. The zero-order valence-electron chi connectivity index (χ0n) is 11.8. The maximum absolute atomic E-state index is 2.42. The van der Waals surface area contributed by atoms with Crippen molar-refractivity contribution in [2.45, 2.75) is 39.0 Å². The smallest absolute Gasteiger partial charge is 0.0184 e. The van der Waals surface area contributed by atoms with Gasteiger partial charge >= 0.3 is 0 Å². The first-order chi connectivity index (χ1) is 9.40. The highest BCUT2D eigenvalue weighted by Crippen LogP contribution is 2.20. The van der Waals surface area contributed by atoms with Crippen molar-refractivity contribution in [3.63, 3.8) is 0 Å². The molecule has 0 aliphatic heterocycles. The van der Waals surface area contributed by atoms with Gasteiger partial charge in [0.1, 0.15) is 0 Å². The predicted octanol–water partition coefficient (Wildman–Crippen LogP) is 5.68. The molecule has 0 amide bonds. The molecule has 0 heterocycles. The van der Waals surface area contributed by atoms with E-state index in [2.05, 4.69) is 67.9 Å². The predicted molar refractivity (Wildman–Crippen MR) is 84.0 cm³/mol. The first-order valence-electron chi connectivity index (χ1n) is 7.36. The van der Waals surface area contributed by atoms with Gasteiger partial charge in [0.25, 0.3) is 0 Å². The Hall–Kier alpha value is -1.56. The highest BCUT2D eigenvalue weighted by Gasteiger charge is 1.97. The van der Waals surface area contributed by atoms with E-state index in [1.807, 2.05) is 0 Å². The van der Waals surface area contributed by atoms with Crippen LogP contribution in [0.25, 0.3) is 11.1 Å². The van der Waals surface area contributed by atoms with Gasteiger partial charge in [-0.3, -0.25) is 0 Å². The minimum Gasteiger partial charge on any atom is -0.0654 e. The molecule has 0 aromatic heterocycles. The monoisotopic (exact) mass is 251 g/mol. The third-order valence-corrected chi connectivity index (χ3v) is 3.43. The minimum atomic E-state index is 1.19. The lowest BCUT2D eigenvalue weighted by Crippen LogP contribution is -1.87. The molecule has 0 saturated heterocycles. The van der Waals surface area contributed by atoms with Crippen LogP contribution in [0.5, 0.6) is 0 Å². The SMILES string of the molecule is CCC[CH]CCCc1ccc(-c2ccccc2)cc1. The fourth-order valence-corrected chi connectivity index (χ4v) is 2.29. The van der Waals surface area contributed by atoms with Crippen molar-refractivity contribution >= 4 is 0 Å². The molecule has 2 aromatic rings. The Bertz CT molecular complexity index is 453. The molecule has 0 nitrogen and oxygen atoms in total. The molecular formula is C19H23. The van der Waals surface area contributed by atoms with Gasteiger partial charge in [0, 0.05) is 0 Å². The summed E-state index contributed by atoms with van der Waals surface area (Å²) in [5.41, 5.74) is 4.05. The first-order valence-corrected chi connectivity index (χ1v) is 7.36. The summed E-state index contributed by atoms with van der Waals surface area (Å²) in [6.07, 6.45) is 8.64. The zero-order chi connectivity index (χ0) is 13.3. The van der Waals surface area contributed by atoms with Gasteiger partial charge in [-0.25, -0.2) is 0 Å². The number of benzene rings is 2. The van der Waals surface area contributed by atoms with E-state index in [-0.39, 0.29) is 0 Å². The molecule has 2 aromatic carbocycles. The van der Waals surface area contributed by atoms with Crippen molar-refractivity contribution in [1.82, 2.24) is 0 Å². The number of unbranched alkanes of at least 4 members (excludes halogenated alkanes) is 4. The molecule has 0 aliphatic rings. The second kappa shape index (κ2) is 7.78. The Morgan fingerprint density at radius 2 is 1.47 bits per heavy atom. The maximum atomic E-state index is 2.42. The van der Waals surface area contributed by atoms with E-state index in [1.165, 1.54) is 48.8 Å². The van der Waals surface area contributed by atoms with Gasteiger partial charge in [0.15, 0.2) is 0 Å². The Kier molecular flexibility index (Phi) is 5.68. The minimum absolute atomic E-state index is 1.19. The van der Waals surface area contributed by atoms with Crippen LogP contribution in [0.3, 0.4) is 0 Å². The van der Waals surface area contributed by atoms with Gasteiger partial charge in [0.2, 0.25) is 0 Å². The van der Waals surface area contributed by atoms with Crippen LogP contribution >= 0.6 is 0 Å². The van der Waals surface area contributed by atoms with Gasteiger partial charge in [-0.2, -0.15) is 0 Å². The quantitative estimate of drug-likeness (QED) is 0.555. The fourth-order valence-electron chi connectivity index (χ4n) is 2.29. The summed E-state index contributed by atoms with van der Waals surface area (Å²) in [4.78, 5) is 0. The van der Waals surface area contributed by atoms with Crippen molar-refractivity contribution in [3.8, 4) is 11.1 Å². The van der Waals surface area contributed by atoms with Gasteiger partial charge in [-0.15, -0.1) is 0 Å². The van der Waals surface area contributed by atoms with Gasteiger partial charge < -0.3 is 0 Å². The molecule has 19 heavy (non-hydrogen) atoms. The third-order valence-electron chi connectivity index (χ3n) is 3.43. The van der Waals surface area contributed by atoms with Crippen molar-refractivity contribution < 1.29 is 0 Å². The van der Waals surface area contributed by atoms with E-state index >= 15 is 0 Å². The van der Waals surface area contributed by atoms with Crippen LogP contribution < -0.4 is 0 Å². The van der Waals surface area contributed by atoms with Crippen molar-refractivity contribution in [2.75, 3.05) is 0 Å². The molecule has 0 saturated carbocycles. The number of rotatable bonds is 7. The van der Waals surface area contributed by atoms with E-state index in [1.54, 1.807) is 0 Å². The third kappa shape index (κ3) is 4.55. The Morgan fingerprint density at radius 3 is 2.16 bits per heavy atom. The molecular weight excluding hydrogens is 228 g/mol. The van der Waals surface area contributed by atoms with E-state index in [4.69, 9.17) is 0 Å². The summed E-state index contributed by atoms with van der Waals surface area (Å²) in [5, 5.41) is 0. The molecule has 0 bridgehead atoms. The van der Waals surface area contributed by atoms with E-state index < -0.39 is 0 Å². The van der Waals surface area contributed by atoms with E-state index in [0.29, 0.717) is 0 Å². The summed E-state index contributed by atoms with van der Waals surface area (Å²) in [7, 11) is 0. The van der Waals surface area contributed by atoms with Crippen molar-refractivity contribution in [3.05, 3.63) is 66.6 Å². The standard InChI is InChI=1S/C19H23/c1-2-3-4-5-7-10-17-13-15-19(16-14-17)18-11-8-6-9-12-18/h4,6,8-9,11-16H,2-3,5,7,10H2,1H3. The summed E-state index contributed by atoms with van der Waals surface area (Å²) in [6, 6.07) is 19.6. The molecule has 1 radical (unpaired) electrons. The summed E-state index contributed by atoms with van der Waals surface area (Å²) in [6.45, 7) is 2.23. The maximum Gasteiger partial charge on any atom is -0.0184 e. The number of aryl methyl sites for hydroxylation is 1. The van der Waals surface area contributed by atoms with Crippen LogP contribution in [0.1, 0.15) is 38.2 Å². The number of hydrogen-bond acceptors (Lipinski definition) is 0. The molecule has 0 N–H and O–H groups in total. The van der Waals surface area contributed by atoms with Gasteiger partial charge in [0.05, 0.1) is 0 Å². The lowest BCUT2D eigenvalue weighted by molar-refractivity contribution is 0.752. The van der Waals surface area contributed by atoms with E-state index in [0.717, 1.165) is 0 Å². The zero-order valence-corrected chi connectivity index (χ0v) is 11.8. The molecule has 0 fully saturated rings. The molecule has 0 unspecified atom stereocenters. The van der Waals surface area contributed by atoms with Crippen LogP contribution in [0, 0.1) is 6.42 Å². The van der Waals surface area contributed by atoms with Crippen LogP contribution in [0.4, 0.5) is 0 Å². The topological polar surface area (TPSA) is 0 Å². The lowest BCUT2D eigenvalue weighted by Gasteiger charge is -2.04. The Balaban J connectivity index is 1.85. The molecule has 0 heteroatoms. The second-order valence-electron chi connectivity index (χ2n) is 5.03. The lowest BCUT2D eigenvalue weighted by atomic mass is 10.0. The average Bonchev–Trinajstić information content (AvgIpc) is 2.49. The Morgan fingerprint density at radius 1 is 0.789 bits per heavy atom. The second-order valence-corrected chi connectivity index (χ2v) is 5.03. The number of hydrogen-bond donors (Lipinski definition) is 0. The molecule has 0 atom stereocenters. The summed E-state index contributed by atoms with van der Waals surface area (Å²) < 4.78 is 0. The van der Waals surface area contributed by atoms with Crippen LogP contribution in [-0.2, 0) is 6.42 Å². The average molecular weight is 251 g/mol. The normalized spacial score (nSPS) is 10.6. The molecule has 2 rings (SSSR count). The van der Waals surface area contributed by atoms with Crippen LogP contribution in [0.15, 0.2) is 54.6 Å². The summed E-state index contributed by atoms with van der Waals surface area (Å²) in [5.74, 6) is 0. The summed E-state index contributed by atoms with van der Waals surface area (Å²) >= 11 is 0. The van der Waals surface area contributed by atoms with Crippen LogP contribution in [0.2, 0.25) is 0 Å². The molecule has 0 spiro atoms. The van der Waals surface area contributed by atoms with Crippen molar-refractivity contribution in [1.29, 1.82) is 0 Å². The highest BCUT2D eigenvalue weighted by atomic mass is 14.0. The van der Waals surface area contributed by atoms with Gasteiger partial charge in [-0.05, 0) is 42.4 Å². The van der Waals surface area contributed by atoms with Crippen LogP contribution in [-0.4, -0.2) is 0 Å². The van der Waals surface area contributed by atoms with E-state index in [9.17, 15) is 0 Å². The Labute approximate surface area is 117 Å². The fraction of sp³-hybridized carbons (Fsp3) is 0.316. The first kappa shape index (κ1) is 13.9.